The van der Waals surface area contributed by atoms with Crippen molar-refractivity contribution in [2.75, 3.05) is 26.4 Å². The van der Waals surface area contributed by atoms with Gasteiger partial charge in [0.25, 0.3) is 0 Å². The van der Waals surface area contributed by atoms with E-state index < -0.39 is 0 Å². The Hall–Kier alpha value is 0.723. The van der Waals surface area contributed by atoms with Gasteiger partial charge >= 0.3 is 0 Å². The summed E-state index contributed by atoms with van der Waals surface area (Å²) in [4.78, 5) is 0. The van der Waals surface area contributed by atoms with E-state index in [1.165, 1.54) is 0 Å². The van der Waals surface area contributed by atoms with Gasteiger partial charge in [-0.1, -0.05) is 83.1 Å². The maximum atomic E-state index is 8.59. The first kappa shape index (κ1) is 40.1. The molecule has 0 aromatic rings. The van der Waals surface area contributed by atoms with Crippen LogP contribution in [-0.4, -0.2) is 46.9 Å². The Labute approximate surface area is 203 Å². The SMILES string of the molecule is CCC(C)(C)CO.CCC(C)(C)CO.CCC(C)(C)CO.CCC(C)(C)CO.[Zr]. The van der Waals surface area contributed by atoms with Crippen molar-refractivity contribution in [3.05, 3.63) is 0 Å². The van der Waals surface area contributed by atoms with Crippen LogP contribution in [0.1, 0.15) is 109 Å². The van der Waals surface area contributed by atoms with Gasteiger partial charge in [-0.15, -0.1) is 0 Å². The molecule has 0 rings (SSSR count). The van der Waals surface area contributed by atoms with E-state index >= 15 is 0 Å². The van der Waals surface area contributed by atoms with Gasteiger partial charge in [0.2, 0.25) is 0 Å². The molecule has 0 aromatic carbocycles. The van der Waals surface area contributed by atoms with Crippen molar-refractivity contribution in [1.82, 2.24) is 0 Å². The second-order valence-electron chi connectivity index (χ2n) is 10.7. The van der Waals surface area contributed by atoms with Gasteiger partial charge < -0.3 is 20.4 Å². The zero-order chi connectivity index (χ0) is 23.7. The second-order valence-corrected chi connectivity index (χ2v) is 10.7. The number of hydrogen-bond acceptors (Lipinski definition) is 4. The molecule has 0 aliphatic carbocycles. The fraction of sp³-hybridized carbons (Fsp3) is 1.00. The Morgan fingerprint density at radius 3 is 0.483 bits per heavy atom. The van der Waals surface area contributed by atoms with Crippen LogP contribution in [0.2, 0.25) is 0 Å². The van der Waals surface area contributed by atoms with Crippen LogP contribution in [0.4, 0.5) is 0 Å². The van der Waals surface area contributed by atoms with Gasteiger partial charge in [-0.2, -0.15) is 0 Å². The Bertz CT molecular complexity index is 239. The fourth-order valence-electron chi connectivity index (χ4n) is 0.447. The molecule has 0 fully saturated rings. The van der Waals surface area contributed by atoms with Gasteiger partial charge in [-0.25, -0.2) is 0 Å². The van der Waals surface area contributed by atoms with Crippen LogP contribution in [0, 0.1) is 21.7 Å². The van der Waals surface area contributed by atoms with Crippen LogP contribution < -0.4 is 0 Å². The molecule has 0 aliphatic heterocycles. The third-order valence-corrected chi connectivity index (χ3v) is 5.54. The molecule has 29 heavy (non-hydrogen) atoms. The van der Waals surface area contributed by atoms with Gasteiger partial charge in [0.05, 0.1) is 0 Å². The average molecular weight is 500 g/mol. The zero-order valence-electron chi connectivity index (χ0n) is 21.9. The normalized spacial score (nSPS) is 11.6. The fourth-order valence-corrected chi connectivity index (χ4v) is 0.447. The summed E-state index contributed by atoms with van der Waals surface area (Å²) in [5.41, 5.74) is 0.556. The molecule has 0 saturated heterocycles. The standard InChI is InChI=1S/4C6H14O.Zr/c4*1-4-6(2,3)5-7;/h4*7H,4-5H2,1-3H3;. The van der Waals surface area contributed by atoms with Crippen molar-refractivity contribution in [1.29, 1.82) is 0 Å². The van der Waals surface area contributed by atoms with E-state index in [4.69, 9.17) is 20.4 Å². The van der Waals surface area contributed by atoms with Crippen LogP contribution in [0.3, 0.4) is 0 Å². The van der Waals surface area contributed by atoms with Gasteiger partial charge in [-0.05, 0) is 47.3 Å². The second kappa shape index (κ2) is 20.6. The summed E-state index contributed by atoms with van der Waals surface area (Å²) in [5, 5.41) is 34.4. The Morgan fingerprint density at radius 2 is 0.483 bits per heavy atom. The Balaban J connectivity index is -0.0000000873. The summed E-state index contributed by atoms with van der Waals surface area (Å²) >= 11 is 0. The molecular weight excluding hydrogens is 443 g/mol. The van der Waals surface area contributed by atoms with Crippen molar-refractivity contribution in [2.24, 2.45) is 21.7 Å². The van der Waals surface area contributed by atoms with Gasteiger partial charge in [0.15, 0.2) is 0 Å². The Kier molecular flexibility index (Phi) is 28.5. The largest absolute Gasteiger partial charge is 0.396 e. The predicted octanol–water partition coefficient (Wildman–Crippen LogP) is 5.66. The maximum Gasteiger partial charge on any atom is 0.0482 e. The molecule has 0 saturated carbocycles. The molecule has 5 heteroatoms. The molecule has 4 nitrogen and oxygen atoms in total. The third kappa shape index (κ3) is 33.6. The maximum absolute atomic E-state index is 8.59. The van der Waals surface area contributed by atoms with Crippen LogP contribution in [0.25, 0.3) is 0 Å². The molecule has 0 heterocycles. The van der Waals surface area contributed by atoms with E-state index in [9.17, 15) is 0 Å². The molecule has 0 aliphatic rings. The summed E-state index contributed by atoms with van der Waals surface area (Å²) in [6, 6.07) is 0. The number of rotatable bonds is 8. The molecule has 0 spiro atoms. The molecular formula is C24H56O4Zr. The van der Waals surface area contributed by atoms with Crippen molar-refractivity contribution in [3.63, 3.8) is 0 Å². The summed E-state index contributed by atoms with van der Waals surface area (Å²) in [6.07, 6.45) is 4.18. The number of aliphatic hydroxyl groups excluding tert-OH is 4. The van der Waals surface area contributed by atoms with Gasteiger partial charge in [0, 0.05) is 52.6 Å². The molecule has 0 atom stereocenters. The van der Waals surface area contributed by atoms with Crippen molar-refractivity contribution < 1.29 is 46.6 Å². The van der Waals surface area contributed by atoms with E-state index in [1.54, 1.807) is 0 Å². The summed E-state index contributed by atoms with van der Waals surface area (Å²) < 4.78 is 0. The van der Waals surface area contributed by atoms with E-state index in [-0.39, 0.29) is 47.9 Å². The zero-order valence-corrected chi connectivity index (χ0v) is 24.4. The molecule has 180 valence electrons. The smallest absolute Gasteiger partial charge is 0.0482 e. The van der Waals surface area contributed by atoms with Crippen LogP contribution in [0.5, 0.6) is 0 Å². The summed E-state index contributed by atoms with van der Waals surface area (Å²) in [5.74, 6) is 0. The minimum atomic E-state index is 0. The summed E-state index contributed by atoms with van der Waals surface area (Å²) in [6.45, 7) is 25.9. The topological polar surface area (TPSA) is 80.9 Å². The molecule has 0 amide bonds. The quantitative estimate of drug-likeness (QED) is 0.347. The first-order chi connectivity index (χ1) is 12.5. The van der Waals surface area contributed by atoms with Crippen molar-refractivity contribution >= 4 is 0 Å². The first-order valence-corrected chi connectivity index (χ1v) is 10.9. The third-order valence-electron chi connectivity index (χ3n) is 5.54. The molecule has 4 N–H and O–H groups in total. The van der Waals surface area contributed by atoms with Gasteiger partial charge in [0.1, 0.15) is 0 Å². The van der Waals surface area contributed by atoms with E-state index in [1.807, 2.05) is 55.4 Å². The Morgan fingerprint density at radius 1 is 0.379 bits per heavy atom. The molecule has 0 aromatic heterocycles. The average Bonchev–Trinajstić information content (AvgIpc) is 2.69. The minimum absolute atomic E-state index is 0. The molecule has 0 radical (unpaired) electrons. The number of aliphatic hydroxyl groups is 4. The molecule has 0 bridgehead atoms. The van der Waals surface area contributed by atoms with Crippen molar-refractivity contribution in [2.45, 2.75) is 109 Å². The predicted molar refractivity (Wildman–Crippen MR) is 125 cm³/mol. The number of hydrogen-bond donors (Lipinski definition) is 4. The van der Waals surface area contributed by atoms with E-state index in [2.05, 4.69) is 27.7 Å². The van der Waals surface area contributed by atoms with E-state index in [0.717, 1.165) is 25.7 Å². The van der Waals surface area contributed by atoms with E-state index in [0.29, 0.717) is 26.4 Å². The van der Waals surface area contributed by atoms with Crippen LogP contribution >= 0.6 is 0 Å². The monoisotopic (exact) mass is 498 g/mol. The summed E-state index contributed by atoms with van der Waals surface area (Å²) in [7, 11) is 0. The molecule has 0 unspecified atom stereocenters. The van der Waals surface area contributed by atoms with Crippen LogP contribution in [-0.2, 0) is 26.2 Å². The van der Waals surface area contributed by atoms with Crippen LogP contribution in [0.15, 0.2) is 0 Å². The van der Waals surface area contributed by atoms with Crippen molar-refractivity contribution in [3.8, 4) is 0 Å². The minimum Gasteiger partial charge on any atom is -0.396 e. The van der Waals surface area contributed by atoms with Gasteiger partial charge in [-0.3, -0.25) is 0 Å². The first-order valence-electron chi connectivity index (χ1n) is 10.9.